The maximum Gasteiger partial charge on any atom is 0.416 e. The summed E-state index contributed by atoms with van der Waals surface area (Å²) in [5.74, 6) is 1.29. The van der Waals surface area contributed by atoms with E-state index < -0.39 is 17.8 Å². The van der Waals surface area contributed by atoms with Crippen LogP contribution in [-0.2, 0) is 4.84 Å². The summed E-state index contributed by atoms with van der Waals surface area (Å²) in [7, 11) is 0. The van der Waals surface area contributed by atoms with Gasteiger partial charge in [-0.1, -0.05) is 12.7 Å². The van der Waals surface area contributed by atoms with E-state index >= 15 is 0 Å². The molecule has 0 spiro atoms. The lowest BCUT2D eigenvalue weighted by molar-refractivity contribution is -0.0888. The molecule has 11 heteroatoms. The summed E-state index contributed by atoms with van der Waals surface area (Å²) in [5.41, 5.74) is 1.08. The molecular formula is C22H26F3N7O. The van der Waals surface area contributed by atoms with Crippen molar-refractivity contribution in [3.63, 3.8) is 0 Å². The van der Waals surface area contributed by atoms with Crippen LogP contribution in [0.2, 0.25) is 0 Å². The van der Waals surface area contributed by atoms with E-state index in [2.05, 4.69) is 26.7 Å². The molecular weight excluding hydrogens is 435 g/mol. The fraction of sp³-hybridized carbons (Fsp3) is 0.455. The molecule has 2 aromatic heterocycles. The first-order chi connectivity index (χ1) is 15.6. The lowest BCUT2D eigenvalue weighted by Crippen LogP contribution is -2.33. The maximum absolute atomic E-state index is 13.5. The van der Waals surface area contributed by atoms with Gasteiger partial charge in [0.05, 0.1) is 24.5 Å². The second-order valence-corrected chi connectivity index (χ2v) is 8.18. The highest BCUT2D eigenvalue weighted by atomic mass is 19.4. The Bertz CT molecular complexity index is 1060. The molecule has 1 unspecified atom stereocenters. The summed E-state index contributed by atoms with van der Waals surface area (Å²) in [6.07, 6.45) is 0.792. The number of anilines is 1. The Morgan fingerprint density at radius 1 is 1.15 bits per heavy atom. The Hall–Kier alpha value is -3.21. The summed E-state index contributed by atoms with van der Waals surface area (Å²) < 4.78 is 40.5. The number of hydroxylamine groups is 1. The van der Waals surface area contributed by atoms with Crippen molar-refractivity contribution >= 4 is 5.82 Å². The average molecular weight is 461 g/mol. The molecule has 4 rings (SSSR count). The molecule has 2 aromatic rings. The van der Waals surface area contributed by atoms with Gasteiger partial charge in [-0.15, -0.1) is 0 Å². The standard InChI is InChI=1S/C22H26F3N7O/c1-14-11-21(29-17(4)28-14)31-10-9-30(13-15(2)33-31)16(3)19-12-18(22(23,24)25)5-6-20(19)32-26-7-8-27-32/h5,7-8,11-12,15,20H,3,6,9-10,13H2,1-2,4H3/t15-,20?/m0/s1. The number of hydrogen-bond acceptors (Lipinski definition) is 7. The van der Waals surface area contributed by atoms with Crippen LogP contribution in [0, 0.1) is 13.8 Å². The Morgan fingerprint density at radius 3 is 2.55 bits per heavy atom. The molecule has 1 fully saturated rings. The summed E-state index contributed by atoms with van der Waals surface area (Å²) in [4.78, 5) is 18.2. The third-order valence-electron chi connectivity index (χ3n) is 5.55. The second kappa shape index (κ2) is 8.97. The van der Waals surface area contributed by atoms with E-state index in [0.29, 0.717) is 42.5 Å². The van der Waals surface area contributed by atoms with Crippen LogP contribution in [0.25, 0.3) is 0 Å². The maximum atomic E-state index is 13.5. The fourth-order valence-corrected chi connectivity index (χ4v) is 4.10. The molecule has 0 saturated carbocycles. The quantitative estimate of drug-likeness (QED) is 0.688. The molecule has 1 aliphatic heterocycles. The molecule has 3 heterocycles. The third kappa shape index (κ3) is 5.08. The van der Waals surface area contributed by atoms with E-state index in [-0.39, 0.29) is 12.5 Å². The van der Waals surface area contributed by atoms with Crippen molar-refractivity contribution in [1.29, 1.82) is 0 Å². The summed E-state index contributed by atoms with van der Waals surface area (Å²) >= 11 is 0. The lowest BCUT2D eigenvalue weighted by Gasteiger charge is -2.32. The van der Waals surface area contributed by atoms with Gasteiger partial charge in [-0.2, -0.15) is 28.2 Å². The van der Waals surface area contributed by atoms with Gasteiger partial charge in [-0.3, -0.25) is 4.84 Å². The molecule has 0 radical (unpaired) electrons. The molecule has 0 bridgehead atoms. The van der Waals surface area contributed by atoms with E-state index in [9.17, 15) is 13.2 Å². The first kappa shape index (κ1) is 23.0. The second-order valence-electron chi connectivity index (χ2n) is 8.18. The molecule has 1 aliphatic carbocycles. The van der Waals surface area contributed by atoms with E-state index in [0.717, 1.165) is 11.8 Å². The van der Waals surface area contributed by atoms with Crippen LogP contribution in [0.3, 0.4) is 0 Å². The molecule has 33 heavy (non-hydrogen) atoms. The van der Waals surface area contributed by atoms with Gasteiger partial charge in [0.1, 0.15) is 18.0 Å². The number of aromatic nitrogens is 5. The smallest absolute Gasteiger partial charge is 0.367 e. The number of aryl methyl sites for hydroxylation is 2. The van der Waals surface area contributed by atoms with Gasteiger partial charge in [0.25, 0.3) is 0 Å². The molecule has 1 saturated heterocycles. The van der Waals surface area contributed by atoms with Gasteiger partial charge >= 0.3 is 6.18 Å². The van der Waals surface area contributed by atoms with Crippen LogP contribution < -0.4 is 5.06 Å². The monoisotopic (exact) mass is 461 g/mol. The predicted octanol–water partition coefficient (Wildman–Crippen LogP) is 3.70. The topological polar surface area (TPSA) is 72.2 Å². The van der Waals surface area contributed by atoms with E-state index in [4.69, 9.17) is 4.84 Å². The largest absolute Gasteiger partial charge is 0.416 e. The molecule has 0 N–H and O–H groups in total. The number of nitrogens with zero attached hydrogens (tertiary/aromatic N) is 7. The summed E-state index contributed by atoms with van der Waals surface area (Å²) in [5, 5.41) is 10.0. The van der Waals surface area contributed by atoms with Crippen LogP contribution >= 0.6 is 0 Å². The van der Waals surface area contributed by atoms with Crippen LogP contribution in [0.1, 0.15) is 30.9 Å². The zero-order valence-electron chi connectivity index (χ0n) is 18.7. The highest BCUT2D eigenvalue weighted by Crippen LogP contribution is 2.39. The van der Waals surface area contributed by atoms with Crippen molar-refractivity contribution in [3.8, 4) is 0 Å². The Morgan fingerprint density at radius 2 is 1.88 bits per heavy atom. The normalized spacial score (nSPS) is 22.0. The first-order valence-electron chi connectivity index (χ1n) is 10.7. The number of allylic oxidation sites excluding steroid dienone is 4. The van der Waals surface area contributed by atoms with Gasteiger partial charge in [0, 0.05) is 36.1 Å². The van der Waals surface area contributed by atoms with Crippen LogP contribution in [0.15, 0.2) is 54.0 Å². The van der Waals surface area contributed by atoms with Crippen molar-refractivity contribution in [3.05, 3.63) is 65.6 Å². The summed E-state index contributed by atoms with van der Waals surface area (Å²) in [6.45, 7) is 11.2. The Labute approximate surface area is 190 Å². The highest BCUT2D eigenvalue weighted by Gasteiger charge is 2.37. The van der Waals surface area contributed by atoms with Crippen LogP contribution in [0.4, 0.5) is 19.0 Å². The average Bonchev–Trinajstić information content (AvgIpc) is 3.20. The minimum absolute atomic E-state index is 0.125. The Balaban J connectivity index is 1.59. The van der Waals surface area contributed by atoms with Gasteiger partial charge in [0.15, 0.2) is 5.82 Å². The highest BCUT2D eigenvalue weighted by molar-refractivity contribution is 5.43. The molecule has 0 aromatic carbocycles. The van der Waals surface area contributed by atoms with Gasteiger partial charge in [0.2, 0.25) is 0 Å². The van der Waals surface area contributed by atoms with Crippen LogP contribution in [-0.4, -0.2) is 61.8 Å². The Kier molecular flexibility index (Phi) is 6.24. The summed E-state index contributed by atoms with van der Waals surface area (Å²) in [6, 6.07) is 1.37. The zero-order chi connectivity index (χ0) is 23.8. The van der Waals surface area contributed by atoms with Crippen molar-refractivity contribution < 1.29 is 18.0 Å². The molecule has 176 valence electrons. The third-order valence-corrected chi connectivity index (χ3v) is 5.55. The minimum atomic E-state index is -4.44. The van der Waals surface area contributed by atoms with Crippen LogP contribution in [0.5, 0.6) is 0 Å². The van der Waals surface area contributed by atoms with E-state index in [1.54, 1.807) is 5.06 Å². The fourth-order valence-electron chi connectivity index (χ4n) is 4.10. The van der Waals surface area contributed by atoms with Gasteiger partial charge < -0.3 is 4.90 Å². The van der Waals surface area contributed by atoms with E-state index in [1.165, 1.54) is 23.3 Å². The number of alkyl halides is 3. The number of hydrogen-bond donors (Lipinski definition) is 0. The lowest BCUT2D eigenvalue weighted by atomic mass is 9.92. The SMILES string of the molecule is C=C(C1=CC(C(F)(F)F)=CCC1n1nccn1)N1CCN(c2cc(C)nc(C)n2)O[C@@H](C)C1. The molecule has 0 amide bonds. The van der Waals surface area contributed by atoms with Crippen molar-refractivity contribution in [2.45, 2.75) is 45.5 Å². The zero-order valence-corrected chi connectivity index (χ0v) is 18.7. The van der Waals surface area contributed by atoms with Gasteiger partial charge in [-0.25, -0.2) is 15.0 Å². The van der Waals surface area contributed by atoms with Crippen molar-refractivity contribution in [1.82, 2.24) is 29.9 Å². The predicted molar refractivity (Wildman–Crippen MR) is 116 cm³/mol. The molecule has 2 aliphatic rings. The van der Waals surface area contributed by atoms with Gasteiger partial charge in [-0.05, 0) is 33.3 Å². The first-order valence-corrected chi connectivity index (χ1v) is 10.7. The van der Waals surface area contributed by atoms with Crippen molar-refractivity contribution in [2.24, 2.45) is 0 Å². The van der Waals surface area contributed by atoms with Crippen molar-refractivity contribution in [2.75, 3.05) is 24.7 Å². The molecule has 2 atom stereocenters. The molecule has 8 nitrogen and oxygen atoms in total. The number of halogens is 3. The van der Waals surface area contributed by atoms with E-state index in [1.807, 2.05) is 31.7 Å². The number of rotatable bonds is 4. The minimum Gasteiger partial charge on any atom is -0.367 e.